The van der Waals surface area contributed by atoms with Crippen LogP contribution in [-0.2, 0) is 24.7 Å². The number of aromatic nitrogens is 3. The highest BCUT2D eigenvalue weighted by Gasteiger charge is 2.09. The first-order chi connectivity index (χ1) is 9.04. The lowest BCUT2D eigenvalue weighted by atomic mass is 10.1. The molecule has 5 heteroatoms. The van der Waals surface area contributed by atoms with Crippen molar-refractivity contribution < 1.29 is 9.90 Å². The molecule has 0 spiro atoms. The molecule has 0 radical (unpaired) electrons. The Kier molecular flexibility index (Phi) is 3.94. The Morgan fingerprint density at radius 1 is 1.42 bits per heavy atom. The zero-order chi connectivity index (χ0) is 13.8. The highest BCUT2D eigenvalue weighted by Crippen LogP contribution is 2.10. The third-order valence-electron chi connectivity index (χ3n) is 2.90. The number of nitrogens with zero attached hydrogens (tertiary/aromatic N) is 3. The first kappa shape index (κ1) is 13.3. The van der Waals surface area contributed by atoms with E-state index in [0.717, 1.165) is 5.82 Å². The van der Waals surface area contributed by atoms with Crippen LogP contribution in [0.3, 0.4) is 0 Å². The van der Waals surface area contributed by atoms with Gasteiger partial charge in [0, 0.05) is 19.9 Å². The Bertz CT molecular complexity index is 590. The molecule has 0 bridgehead atoms. The zero-order valence-corrected chi connectivity index (χ0v) is 11.1. The van der Waals surface area contributed by atoms with Crippen molar-refractivity contribution in [3.63, 3.8) is 0 Å². The number of aryl methyl sites for hydroxylation is 3. The molecule has 0 saturated carbocycles. The van der Waals surface area contributed by atoms with Gasteiger partial charge in [0.15, 0.2) is 5.82 Å². The van der Waals surface area contributed by atoms with Crippen molar-refractivity contribution in [2.24, 2.45) is 7.05 Å². The molecule has 0 aliphatic rings. The maximum atomic E-state index is 10.5. The number of carboxylic acids is 1. The van der Waals surface area contributed by atoms with Gasteiger partial charge in [-0.25, -0.2) is 4.98 Å². The van der Waals surface area contributed by atoms with Crippen LogP contribution in [0.1, 0.15) is 29.2 Å². The predicted octanol–water partition coefficient (Wildman–Crippen LogP) is 1.73. The molecule has 1 aromatic carbocycles. The summed E-state index contributed by atoms with van der Waals surface area (Å²) in [6.07, 6.45) is 1.14. The van der Waals surface area contributed by atoms with Gasteiger partial charge in [-0.15, -0.1) is 0 Å². The minimum Gasteiger partial charge on any atom is -0.481 e. The summed E-state index contributed by atoms with van der Waals surface area (Å²) in [7, 11) is 1.84. The average Bonchev–Trinajstić information content (AvgIpc) is 2.68. The molecule has 0 atom stereocenters. The summed E-state index contributed by atoms with van der Waals surface area (Å²) in [5.41, 5.74) is 2.39. The maximum Gasteiger partial charge on any atom is 0.303 e. The van der Waals surface area contributed by atoms with Crippen molar-refractivity contribution in [2.75, 3.05) is 0 Å². The van der Waals surface area contributed by atoms with E-state index in [2.05, 4.69) is 35.2 Å². The predicted molar refractivity (Wildman–Crippen MR) is 70.9 cm³/mol. The fourth-order valence-corrected chi connectivity index (χ4v) is 1.96. The summed E-state index contributed by atoms with van der Waals surface area (Å²) >= 11 is 0. The largest absolute Gasteiger partial charge is 0.481 e. The fraction of sp³-hybridized carbons (Fsp3) is 0.357. The SMILES string of the molecule is Cc1cccc(Cc2nc(CCC(=O)O)nn2C)c1. The molecule has 0 saturated heterocycles. The van der Waals surface area contributed by atoms with Crippen molar-refractivity contribution >= 4 is 5.97 Å². The maximum absolute atomic E-state index is 10.5. The molecule has 0 amide bonds. The number of hydrogen-bond acceptors (Lipinski definition) is 3. The standard InChI is InChI=1S/C14H17N3O2/c1-10-4-3-5-11(8-10)9-13-15-12(16-17(13)2)6-7-14(18)19/h3-5,8H,6-7,9H2,1-2H3,(H,18,19). The fourth-order valence-electron chi connectivity index (χ4n) is 1.96. The lowest BCUT2D eigenvalue weighted by Gasteiger charge is -2.01. The molecule has 19 heavy (non-hydrogen) atoms. The van der Waals surface area contributed by atoms with E-state index >= 15 is 0 Å². The van der Waals surface area contributed by atoms with E-state index in [-0.39, 0.29) is 6.42 Å². The molecule has 1 aromatic heterocycles. The van der Waals surface area contributed by atoms with E-state index in [1.165, 1.54) is 11.1 Å². The van der Waals surface area contributed by atoms with Crippen molar-refractivity contribution in [3.8, 4) is 0 Å². The van der Waals surface area contributed by atoms with E-state index in [9.17, 15) is 4.79 Å². The highest BCUT2D eigenvalue weighted by molar-refractivity contribution is 5.66. The summed E-state index contributed by atoms with van der Waals surface area (Å²) in [5.74, 6) is 0.617. The topological polar surface area (TPSA) is 68.0 Å². The van der Waals surface area contributed by atoms with Crippen LogP contribution in [-0.4, -0.2) is 25.8 Å². The number of aliphatic carboxylic acids is 1. The Hall–Kier alpha value is -2.17. The van der Waals surface area contributed by atoms with Gasteiger partial charge in [-0.2, -0.15) is 5.10 Å². The van der Waals surface area contributed by atoms with Crippen molar-refractivity contribution in [1.29, 1.82) is 0 Å². The number of hydrogen-bond donors (Lipinski definition) is 1. The summed E-state index contributed by atoms with van der Waals surface area (Å²) in [6, 6.07) is 8.25. The number of carboxylic acid groups (broad SMARTS) is 1. The van der Waals surface area contributed by atoms with Crippen molar-refractivity contribution in [3.05, 3.63) is 47.0 Å². The van der Waals surface area contributed by atoms with Gasteiger partial charge in [0.05, 0.1) is 6.42 Å². The lowest BCUT2D eigenvalue weighted by molar-refractivity contribution is -0.137. The van der Waals surface area contributed by atoms with E-state index in [4.69, 9.17) is 5.11 Å². The van der Waals surface area contributed by atoms with Crippen LogP contribution in [0.5, 0.6) is 0 Å². The van der Waals surface area contributed by atoms with Gasteiger partial charge in [0.25, 0.3) is 0 Å². The molecular formula is C14H17N3O2. The quantitative estimate of drug-likeness (QED) is 0.888. The molecule has 1 N–H and O–H groups in total. The van der Waals surface area contributed by atoms with Crippen LogP contribution >= 0.6 is 0 Å². The van der Waals surface area contributed by atoms with Crippen LogP contribution in [0.25, 0.3) is 0 Å². The highest BCUT2D eigenvalue weighted by atomic mass is 16.4. The molecule has 100 valence electrons. The van der Waals surface area contributed by atoms with Crippen LogP contribution < -0.4 is 0 Å². The Morgan fingerprint density at radius 3 is 2.89 bits per heavy atom. The summed E-state index contributed by atoms with van der Waals surface area (Å²) in [4.78, 5) is 14.9. The van der Waals surface area contributed by atoms with Crippen LogP contribution in [0.2, 0.25) is 0 Å². The van der Waals surface area contributed by atoms with E-state index in [0.29, 0.717) is 18.7 Å². The molecule has 0 aliphatic heterocycles. The summed E-state index contributed by atoms with van der Waals surface area (Å²) in [5, 5.41) is 12.9. The molecule has 0 fully saturated rings. The van der Waals surface area contributed by atoms with Crippen LogP contribution in [0.15, 0.2) is 24.3 Å². The van der Waals surface area contributed by atoms with Gasteiger partial charge in [-0.1, -0.05) is 29.8 Å². The Morgan fingerprint density at radius 2 is 2.21 bits per heavy atom. The third-order valence-corrected chi connectivity index (χ3v) is 2.90. The third kappa shape index (κ3) is 3.64. The first-order valence-electron chi connectivity index (χ1n) is 6.20. The van der Waals surface area contributed by atoms with Gasteiger partial charge in [-0.05, 0) is 12.5 Å². The minimum absolute atomic E-state index is 0.0634. The zero-order valence-electron chi connectivity index (χ0n) is 11.1. The first-order valence-corrected chi connectivity index (χ1v) is 6.20. The minimum atomic E-state index is -0.826. The second-order valence-corrected chi connectivity index (χ2v) is 4.63. The molecule has 2 rings (SSSR count). The van der Waals surface area contributed by atoms with Crippen LogP contribution in [0, 0.1) is 6.92 Å². The smallest absolute Gasteiger partial charge is 0.303 e. The molecule has 5 nitrogen and oxygen atoms in total. The second kappa shape index (κ2) is 5.65. The van der Waals surface area contributed by atoms with Crippen molar-refractivity contribution in [2.45, 2.75) is 26.2 Å². The molecular weight excluding hydrogens is 242 g/mol. The number of rotatable bonds is 5. The number of benzene rings is 1. The monoisotopic (exact) mass is 259 g/mol. The van der Waals surface area contributed by atoms with E-state index in [1.807, 2.05) is 13.1 Å². The summed E-state index contributed by atoms with van der Waals surface area (Å²) < 4.78 is 1.72. The van der Waals surface area contributed by atoms with Crippen molar-refractivity contribution in [1.82, 2.24) is 14.8 Å². The number of carbonyl (C=O) groups is 1. The second-order valence-electron chi connectivity index (χ2n) is 4.63. The van der Waals surface area contributed by atoms with Gasteiger partial charge < -0.3 is 5.11 Å². The normalized spacial score (nSPS) is 10.6. The van der Waals surface area contributed by atoms with Gasteiger partial charge in [-0.3, -0.25) is 9.48 Å². The van der Waals surface area contributed by atoms with Gasteiger partial charge in [0.2, 0.25) is 0 Å². The van der Waals surface area contributed by atoms with E-state index in [1.54, 1.807) is 4.68 Å². The lowest BCUT2D eigenvalue weighted by Crippen LogP contribution is -2.00. The average molecular weight is 259 g/mol. The van der Waals surface area contributed by atoms with Gasteiger partial charge in [0.1, 0.15) is 5.82 Å². The Balaban J connectivity index is 2.10. The van der Waals surface area contributed by atoms with Crippen LogP contribution in [0.4, 0.5) is 0 Å². The molecule has 0 aliphatic carbocycles. The molecule has 2 aromatic rings. The summed E-state index contributed by atoms with van der Waals surface area (Å²) in [6.45, 7) is 2.05. The Labute approximate surface area is 111 Å². The molecule has 1 heterocycles. The molecule has 0 unspecified atom stereocenters. The van der Waals surface area contributed by atoms with Gasteiger partial charge >= 0.3 is 5.97 Å². The van der Waals surface area contributed by atoms with E-state index < -0.39 is 5.97 Å².